The van der Waals surface area contributed by atoms with Crippen molar-refractivity contribution in [3.8, 4) is 5.88 Å². The molecule has 0 aliphatic heterocycles. The maximum absolute atomic E-state index is 13.2. The number of benzene rings is 1. The number of rotatable bonds is 8. The third kappa shape index (κ3) is 4.59. The third-order valence-corrected chi connectivity index (χ3v) is 4.92. The second-order valence-electron chi connectivity index (χ2n) is 7.39. The lowest BCUT2D eigenvalue weighted by atomic mass is 10.2. The summed E-state index contributed by atoms with van der Waals surface area (Å²) in [5.74, 6) is -0.516. The number of ether oxygens (including phenoxy) is 1. The Labute approximate surface area is 174 Å². The maximum Gasteiger partial charge on any atom is 0.289 e. The van der Waals surface area contributed by atoms with Crippen LogP contribution in [0.2, 0.25) is 0 Å². The van der Waals surface area contributed by atoms with Crippen LogP contribution >= 0.6 is 0 Å². The summed E-state index contributed by atoms with van der Waals surface area (Å²) in [4.78, 5) is 21.4. The highest BCUT2D eigenvalue weighted by atomic mass is 19.1. The van der Waals surface area contributed by atoms with Crippen LogP contribution in [0.3, 0.4) is 0 Å². The highest BCUT2D eigenvalue weighted by Crippen LogP contribution is 2.31. The number of hydrogen-bond acceptors (Lipinski definition) is 5. The summed E-state index contributed by atoms with van der Waals surface area (Å²) in [5.41, 5.74) is 4.17. The van der Waals surface area contributed by atoms with Gasteiger partial charge in [0.05, 0.1) is 11.6 Å². The summed E-state index contributed by atoms with van der Waals surface area (Å²) < 4.78 is 21.3. The molecule has 0 spiro atoms. The summed E-state index contributed by atoms with van der Waals surface area (Å²) in [6.45, 7) is 8.66. The summed E-state index contributed by atoms with van der Waals surface area (Å²) >= 11 is 0. The summed E-state index contributed by atoms with van der Waals surface area (Å²) in [6.07, 6.45) is 0.236. The molecule has 0 radical (unpaired) electrons. The Morgan fingerprint density at radius 1 is 1.27 bits per heavy atom. The van der Waals surface area contributed by atoms with Crippen LogP contribution in [0.4, 0.5) is 4.39 Å². The normalized spacial score (nSPS) is 12.2. The standard InChI is InChI=1S/C22H27FN4O3/c1-5-10-27-15(4)14(3)18-19(27)22(30-12-16-6-8-17(23)9-7-16)26-20(25-18)21(29)24-11-13(2)28/h6-9,13,28H,5,10-12H2,1-4H3,(H,24,29). The Kier molecular flexibility index (Phi) is 6.66. The Hall–Kier alpha value is -3.00. The van der Waals surface area contributed by atoms with E-state index in [-0.39, 0.29) is 24.8 Å². The molecule has 0 fully saturated rings. The summed E-state index contributed by atoms with van der Waals surface area (Å²) in [7, 11) is 0. The van der Waals surface area contributed by atoms with Gasteiger partial charge in [0.2, 0.25) is 11.7 Å². The number of nitrogens with zero attached hydrogens (tertiary/aromatic N) is 3. The van der Waals surface area contributed by atoms with Gasteiger partial charge in [0.15, 0.2) is 0 Å². The molecule has 0 saturated heterocycles. The molecular formula is C22H27FN4O3. The quantitative estimate of drug-likeness (QED) is 0.590. The van der Waals surface area contributed by atoms with Crippen LogP contribution in [0.25, 0.3) is 11.0 Å². The van der Waals surface area contributed by atoms with E-state index >= 15 is 0 Å². The van der Waals surface area contributed by atoms with E-state index in [1.807, 2.05) is 13.8 Å². The van der Waals surface area contributed by atoms with Gasteiger partial charge in [-0.3, -0.25) is 4.79 Å². The molecule has 0 aliphatic carbocycles. The molecule has 1 unspecified atom stereocenters. The van der Waals surface area contributed by atoms with Gasteiger partial charge in [-0.15, -0.1) is 0 Å². The van der Waals surface area contributed by atoms with Crippen LogP contribution in [0.5, 0.6) is 5.88 Å². The first-order valence-electron chi connectivity index (χ1n) is 10.0. The molecule has 30 heavy (non-hydrogen) atoms. The third-order valence-electron chi connectivity index (χ3n) is 4.92. The summed E-state index contributed by atoms with van der Waals surface area (Å²) in [6, 6.07) is 6.03. The number of aryl methyl sites for hydroxylation is 2. The van der Waals surface area contributed by atoms with Crippen molar-refractivity contribution >= 4 is 16.9 Å². The van der Waals surface area contributed by atoms with Crippen LogP contribution in [-0.4, -0.2) is 38.2 Å². The number of halogens is 1. The molecule has 8 heteroatoms. The molecule has 7 nitrogen and oxygen atoms in total. The molecule has 2 N–H and O–H groups in total. The predicted molar refractivity (Wildman–Crippen MR) is 112 cm³/mol. The van der Waals surface area contributed by atoms with Crippen molar-refractivity contribution in [1.82, 2.24) is 19.9 Å². The van der Waals surface area contributed by atoms with Crippen molar-refractivity contribution in [2.24, 2.45) is 0 Å². The molecule has 1 aromatic carbocycles. The van der Waals surface area contributed by atoms with Gasteiger partial charge in [0.1, 0.15) is 17.9 Å². The second-order valence-corrected chi connectivity index (χ2v) is 7.39. The molecule has 3 aromatic rings. The molecular weight excluding hydrogens is 387 g/mol. The Bertz CT molecular complexity index is 1040. The van der Waals surface area contributed by atoms with E-state index in [0.29, 0.717) is 11.4 Å². The molecule has 2 heterocycles. The Morgan fingerprint density at radius 2 is 1.97 bits per heavy atom. The van der Waals surface area contributed by atoms with Gasteiger partial charge in [-0.1, -0.05) is 19.1 Å². The van der Waals surface area contributed by atoms with Crippen LogP contribution in [-0.2, 0) is 13.2 Å². The lowest BCUT2D eigenvalue weighted by molar-refractivity contribution is 0.0912. The number of aromatic nitrogens is 3. The molecule has 3 rings (SSSR count). The topological polar surface area (TPSA) is 89.3 Å². The SMILES string of the molecule is CCCn1c(C)c(C)c2nc(C(=O)NCC(C)O)nc(OCc3ccc(F)cc3)c21. The molecule has 1 atom stereocenters. The molecule has 1 amide bonds. The largest absolute Gasteiger partial charge is 0.471 e. The molecule has 0 saturated carbocycles. The Morgan fingerprint density at radius 3 is 2.60 bits per heavy atom. The van der Waals surface area contributed by atoms with Gasteiger partial charge in [-0.05, 0) is 50.5 Å². The van der Waals surface area contributed by atoms with Gasteiger partial charge in [0, 0.05) is 18.8 Å². The first-order chi connectivity index (χ1) is 14.3. The van der Waals surface area contributed by atoms with E-state index in [0.717, 1.165) is 35.3 Å². The van der Waals surface area contributed by atoms with Crippen LogP contribution in [0.15, 0.2) is 24.3 Å². The fourth-order valence-electron chi connectivity index (χ4n) is 3.24. The molecule has 2 aromatic heterocycles. The lowest BCUT2D eigenvalue weighted by Gasteiger charge is -2.12. The van der Waals surface area contributed by atoms with Crippen LogP contribution < -0.4 is 10.1 Å². The lowest BCUT2D eigenvalue weighted by Crippen LogP contribution is -2.31. The minimum absolute atomic E-state index is 0.0194. The van der Waals surface area contributed by atoms with Crippen molar-refractivity contribution in [3.63, 3.8) is 0 Å². The number of aliphatic hydroxyl groups is 1. The van der Waals surface area contributed by atoms with Crippen LogP contribution in [0, 0.1) is 19.7 Å². The first kappa shape index (κ1) is 21.7. The Balaban J connectivity index is 2.04. The van der Waals surface area contributed by atoms with Crippen molar-refractivity contribution in [1.29, 1.82) is 0 Å². The average molecular weight is 414 g/mol. The number of nitrogens with one attached hydrogen (secondary N) is 1. The highest BCUT2D eigenvalue weighted by Gasteiger charge is 2.22. The number of aliphatic hydroxyl groups excluding tert-OH is 1. The highest BCUT2D eigenvalue weighted by molar-refractivity contribution is 5.94. The monoisotopic (exact) mass is 414 g/mol. The number of amides is 1. The molecule has 0 aliphatic rings. The number of hydrogen-bond donors (Lipinski definition) is 2. The van der Waals surface area contributed by atoms with Gasteiger partial charge in [-0.25, -0.2) is 9.37 Å². The first-order valence-corrected chi connectivity index (χ1v) is 10.0. The van der Waals surface area contributed by atoms with Crippen molar-refractivity contribution in [3.05, 3.63) is 52.7 Å². The predicted octanol–water partition coefficient (Wildman–Crippen LogP) is 3.29. The molecule has 0 bridgehead atoms. The number of fused-ring (bicyclic) bond motifs is 1. The van der Waals surface area contributed by atoms with E-state index < -0.39 is 12.0 Å². The van der Waals surface area contributed by atoms with E-state index in [2.05, 4.69) is 26.8 Å². The molecule has 160 valence electrons. The second kappa shape index (κ2) is 9.21. The maximum atomic E-state index is 13.2. The van der Waals surface area contributed by atoms with Crippen molar-refractivity contribution in [2.45, 2.75) is 53.4 Å². The fourth-order valence-corrected chi connectivity index (χ4v) is 3.24. The minimum atomic E-state index is -0.679. The van der Waals surface area contributed by atoms with Crippen molar-refractivity contribution < 1.29 is 19.0 Å². The van der Waals surface area contributed by atoms with Crippen LogP contribution in [0.1, 0.15) is 47.7 Å². The van der Waals surface area contributed by atoms with E-state index in [9.17, 15) is 14.3 Å². The minimum Gasteiger partial charge on any atom is -0.471 e. The van der Waals surface area contributed by atoms with E-state index in [1.54, 1.807) is 19.1 Å². The van der Waals surface area contributed by atoms with Gasteiger partial charge in [-0.2, -0.15) is 4.98 Å². The zero-order chi connectivity index (χ0) is 21.8. The number of carbonyl (C=O) groups excluding carboxylic acids is 1. The fraction of sp³-hybridized carbons (Fsp3) is 0.409. The number of carbonyl (C=O) groups is 1. The average Bonchev–Trinajstić information content (AvgIpc) is 2.96. The zero-order valence-electron chi connectivity index (χ0n) is 17.7. The zero-order valence-corrected chi connectivity index (χ0v) is 17.7. The van der Waals surface area contributed by atoms with Gasteiger partial charge < -0.3 is 19.7 Å². The van der Waals surface area contributed by atoms with Crippen molar-refractivity contribution in [2.75, 3.05) is 6.54 Å². The smallest absolute Gasteiger partial charge is 0.289 e. The van der Waals surface area contributed by atoms with E-state index in [4.69, 9.17) is 4.74 Å². The van der Waals surface area contributed by atoms with Gasteiger partial charge >= 0.3 is 0 Å². The van der Waals surface area contributed by atoms with E-state index in [1.165, 1.54) is 12.1 Å². The van der Waals surface area contributed by atoms with Gasteiger partial charge in [0.25, 0.3) is 5.91 Å². The summed E-state index contributed by atoms with van der Waals surface area (Å²) in [5, 5.41) is 12.1.